The summed E-state index contributed by atoms with van der Waals surface area (Å²) in [5.41, 5.74) is 0. The Morgan fingerprint density at radius 2 is 1.78 bits per heavy atom. The van der Waals surface area contributed by atoms with Crippen molar-refractivity contribution in [1.82, 2.24) is 9.44 Å². The predicted octanol–water partition coefficient (Wildman–Crippen LogP) is -0.940. The molecule has 0 amide bonds. The highest BCUT2D eigenvalue weighted by atomic mass is 32.2. The van der Waals surface area contributed by atoms with E-state index in [9.17, 15) is 8.42 Å². The molecular weight excluding hydrogens is 140 g/mol. The summed E-state index contributed by atoms with van der Waals surface area (Å²) in [7, 11) is -3.12. The second-order valence-corrected chi connectivity index (χ2v) is 3.89. The van der Waals surface area contributed by atoms with Crippen LogP contribution in [0.25, 0.3) is 0 Å². The molecule has 1 rings (SSSR count). The van der Waals surface area contributed by atoms with Crippen LogP contribution in [0.5, 0.6) is 0 Å². The molecule has 1 fully saturated rings. The molecular formula is C4H10N2O2S. The molecule has 0 radical (unpaired) electrons. The van der Waals surface area contributed by atoms with Gasteiger partial charge in [-0.25, -0.2) is 9.44 Å². The van der Waals surface area contributed by atoms with E-state index in [0.29, 0.717) is 19.0 Å². The first-order valence-electron chi connectivity index (χ1n) is 2.84. The molecule has 0 bridgehead atoms. The number of rotatable bonds is 0. The van der Waals surface area contributed by atoms with E-state index in [2.05, 4.69) is 9.44 Å². The number of hydrogen-bond donors (Lipinski definition) is 2. The van der Waals surface area contributed by atoms with Gasteiger partial charge in [-0.1, -0.05) is 6.92 Å². The average Bonchev–Trinajstić information content (AvgIpc) is 1.78. The van der Waals surface area contributed by atoms with Crippen molar-refractivity contribution >= 4 is 10.2 Å². The lowest BCUT2D eigenvalue weighted by Gasteiger charge is -2.19. The topological polar surface area (TPSA) is 58.2 Å². The zero-order chi connectivity index (χ0) is 6.91. The normalized spacial score (nSPS) is 28.1. The van der Waals surface area contributed by atoms with Crippen LogP contribution in [-0.4, -0.2) is 21.5 Å². The van der Waals surface area contributed by atoms with Crippen LogP contribution in [0.4, 0.5) is 0 Å². The molecule has 4 nitrogen and oxygen atoms in total. The molecule has 0 atom stereocenters. The summed E-state index contributed by atoms with van der Waals surface area (Å²) in [5, 5.41) is 0. The summed E-state index contributed by atoms with van der Waals surface area (Å²) >= 11 is 0. The van der Waals surface area contributed by atoms with Crippen LogP contribution < -0.4 is 9.44 Å². The van der Waals surface area contributed by atoms with Gasteiger partial charge in [0.25, 0.3) is 10.2 Å². The third-order valence-electron chi connectivity index (χ3n) is 1.24. The van der Waals surface area contributed by atoms with Crippen LogP contribution in [0.1, 0.15) is 6.92 Å². The molecule has 0 aliphatic carbocycles. The molecule has 2 N–H and O–H groups in total. The van der Waals surface area contributed by atoms with E-state index in [4.69, 9.17) is 0 Å². The lowest BCUT2D eigenvalue weighted by molar-refractivity contribution is 0.484. The highest BCUT2D eigenvalue weighted by Gasteiger charge is 2.17. The lowest BCUT2D eigenvalue weighted by Crippen LogP contribution is -2.47. The SMILES string of the molecule is CC1CNS(=O)(=O)NC1. The van der Waals surface area contributed by atoms with Crippen LogP contribution in [0.3, 0.4) is 0 Å². The summed E-state index contributed by atoms with van der Waals surface area (Å²) in [6.07, 6.45) is 0. The second kappa shape index (κ2) is 2.24. The molecule has 5 heteroatoms. The Balaban J connectivity index is 2.55. The van der Waals surface area contributed by atoms with Crippen molar-refractivity contribution in [3.05, 3.63) is 0 Å². The van der Waals surface area contributed by atoms with Gasteiger partial charge in [0.15, 0.2) is 0 Å². The van der Waals surface area contributed by atoms with Crippen LogP contribution in [0.15, 0.2) is 0 Å². The van der Waals surface area contributed by atoms with Crippen LogP contribution in [0.2, 0.25) is 0 Å². The fourth-order valence-corrected chi connectivity index (χ4v) is 1.74. The lowest BCUT2D eigenvalue weighted by atomic mass is 10.2. The Bertz CT molecular complexity index is 173. The summed E-state index contributed by atoms with van der Waals surface area (Å²) < 4.78 is 25.9. The molecule has 0 aromatic heterocycles. The Morgan fingerprint density at radius 3 is 2.11 bits per heavy atom. The molecule has 1 heterocycles. The highest BCUT2D eigenvalue weighted by Crippen LogP contribution is 1.96. The van der Waals surface area contributed by atoms with Crippen molar-refractivity contribution in [2.75, 3.05) is 13.1 Å². The molecule has 0 unspecified atom stereocenters. The fraction of sp³-hybridized carbons (Fsp3) is 1.00. The van der Waals surface area contributed by atoms with Gasteiger partial charge >= 0.3 is 0 Å². The van der Waals surface area contributed by atoms with Gasteiger partial charge in [0.05, 0.1) is 0 Å². The van der Waals surface area contributed by atoms with Crippen molar-refractivity contribution < 1.29 is 8.42 Å². The first-order chi connectivity index (χ1) is 4.10. The van der Waals surface area contributed by atoms with Crippen LogP contribution in [0, 0.1) is 5.92 Å². The van der Waals surface area contributed by atoms with Gasteiger partial charge in [-0.15, -0.1) is 0 Å². The highest BCUT2D eigenvalue weighted by molar-refractivity contribution is 7.87. The minimum absolute atomic E-state index is 0.397. The summed E-state index contributed by atoms with van der Waals surface area (Å²) in [6.45, 7) is 3.08. The van der Waals surface area contributed by atoms with E-state index in [1.807, 2.05) is 6.92 Å². The molecule has 1 saturated heterocycles. The van der Waals surface area contributed by atoms with Crippen molar-refractivity contribution in [2.45, 2.75) is 6.92 Å². The van der Waals surface area contributed by atoms with Gasteiger partial charge in [0.1, 0.15) is 0 Å². The molecule has 0 spiro atoms. The van der Waals surface area contributed by atoms with Crippen LogP contribution >= 0.6 is 0 Å². The first kappa shape index (κ1) is 6.98. The van der Waals surface area contributed by atoms with Gasteiger partial charge in [-0.2, -0.15) is 8.42 Å². The van der Waals surface area contributed by atoms with Gasteiger partial charge in [0.2, 0.25) is 0 Å². The largest absolute Gasteiger partial charge is 0.276 e. The third kappa shape index (κ3) is 1.92. The zero-order valence-electron chi connectivity index (χ0n) is 5.22. The monoisotopic (exact) mass is 150 g/mol. The Hall–Kier alpha value is -0.130. The van der Waals surface area contributed by atoms with Gasteiger partial charge in [-0.3, -0.25) is 0 Å². The van der Waals surface area contributed by atoms with E-state index in [1.54, 1.807) is 0 Å². The smallest absolute Gasteiger partial charge is 0.202 e. The molecule has 0 saturated carbocycles. The van der Waals surface area contributed by atoms with E-state index in [-0.39, 0.29) is 0 Å². The van der Waals surface area contributed by atoms with E-state index >= 15 is 0 Å². The summed E-state index contributed by atoms with van der Waals surface area (Å²) in [4.78, 5) is 0. The minimum atomic E-state index is -3.12. The fourth-order valence-electron chi connectivity index (χ4n) is 0.627. The van der Waals surface area contributed by atoms with Crippen molar-refractivity contribution in [1.29, 1.82) is 0 Å². The summed E-state index contributed by atoms with van der Waals surface area (Å²) in [6, 6.07) is 0. The van der Waals surface area contributed by atoms with Crippen molar-refractivity contribution in [3.63, 3.8) is 0 Å². The zero-order valence-corrected chi connectivity index (χ0v) is 6.03. The maximum atomic E-state index is 10.6. The van der Waals surface area contributed by atoms with Crippen molar-refractivity contribution in [2.24, 2.45) is 5.92 Å². The van der Waals surface area contributed by atoms with Gasteiger partial charge in [-0.05, 0) is 5.92 Å². The Labute approximate surface area is 54.8 Å². The van der Waals surface area contributed by atoms with Gasteiger partial charge < -0.3 is 0 Å². The quantitative estimate of drug-likeness (QED) is 0.468. The maximum Gasteiger partial charge on any atom is 0.276 e. The Morgan fingerprint density at radius 1 is 1.33 bits per heavy atom. The summed E-state index contributed by atoms with van der Waals surface area (Å²) in [5.74, 6) is 0.397. The second-order valence-electron chi connectivity index (χ2n) is 2.31. The van der Waals surface area contributed by atoms with Crippen LogP contribution in [-0.2, 0) is 10.2 Å². The van der Waals surface area contributed by atoms with Gasteiger partial charge in [0, 0.05) is 13.1 Å². The molecule has 0 aromatic carbocycles. The third-order valence-corrected chi connectivity index (χ3v) is 2.34. The molecule has 54 valence electrons. The number of nitrogens with one attached hydrogen (secondary N) is 2. The number of hydrogen-bond acceptors (Lipinski definition) is 2. The molecule has 1 aliphatic rings. The van der Waals surface area contributed by atoms with E-state index in [1.165, 1.54) is 0 Å². The van der Waals surface area contributed by atoms with E-state index in [0.717, 1.165) is 0 Å². The molecule has 0 aromatic rings. The minimum Gasteiger partial charge on any atom is -0.202 e. The maximum absolute atomic E-state index is 10.6. The molecule has 1 aliphatic heterocycles. The van der Waals surface area contributed by atoms with Crippen molar-refractivity contribution in [3.8, 4) is 0 Å². The Kier molecular flexibility index (Phi) is 1.74. The molecule has 9 heavy (non-hydrogen) atoms. The predicted molar refractivity (Wildman–Crippen MR) is 34.1 cm³/mol. The average molecular weight is 150 g/mol. The standard InChI is InChI=1S/C4H10N2O2S/c1-4-2-5-9(7,8)6-3-4/h4-6H,2-3H2,1H3. The van der Waals surface area contributed by atoms with E-state index < -0.39 is 10.2 Å². The first-order valence-corrected chi connectivity index (χ1v) is 4.33.